The van der Waals surface area contributed by atoms with Crippen LogP contribution < -0.4 is 5.73 Å². The van der Waals surface area contributed by atoms with Crippen molar-refractivity contribution in [2.24, 2.45) is 11.7 Å². The monoisotopic (exact) mass is 658 g/mol. The quantitative estimate of drug-likeness (QED) is 0.241. The maximum absolute atomic E-state index is 13.8. The van der Waals surface area contributed by atoms with Gasteiger partial charge >= 0.3 is 0 Å². The number of carbonyl (C=O) groups is 1. The zero-order valence-electron chi connectivity index (χ0n) is 25.2. The molecule has 2 fully saturated rings. The molecule has 0 aliphatic carbocycles. The highest BCUT2D eigenvalue weighted by atomic mass is 35.5. The van der Waals surface area contributed by atoms with E-state index >= 15 is 0 Å². The fourth-order valence-electron chi connectivity index (χ4n) is 6.30. The molecule has 2 aliphatic rings. The number of likely N-dealkylation sites (tertiary alicyclic amines) is 1. The number of piperidine rings is 1. The SMILES string of the molecule is CCSc1cc(F)ccc1CN1CCN(C(=O)[C@H](N)C2CCN(CCc3cc(Cl)ccc3-c3cccc(O)c3Cl)CC2)CC1. The van der Waals surface area contributed by atoms with Crippen molar-refractivity contribution in [3.63, 3.8) is 0 Å². The van der Waals surface area contributed by atoms with Gasteiger partial charge < -0.3 is 20.6 Å². The van der Waals surface area contributed by atoms with E-state index in [4.69, 9.17) is 28.9 Å². The number of piperazine rings is 1. The first-order valence-electron chi connectivity index (χ1n) is 15.4. The number of halogens is 3. The summed E-state index contributed by atoms with van der Waals surface area (Å²) in [6, 6.07) is 15.6. The first kappa shape index (κ1) is 33.0. The van der Waals surface area contributed by atoms with E-state index in [1.807, 2.05) is 35.2 Å². The third-order valence-electron chi connectivity index (χ3n) is 8.87. The van der Waals surface area contributed by atoms with Crippen molar-refractivity contribution in [1.82, 2.24) is 14.7 Å². The topological polar surface area (TPSA) is 73.0 Å². The Labute approximate surface area is 274 Å². The third kappa shape index (κ3) is 8.08. The molecule has 0 radical (unpaired) electrons. The van der Waals surface area contributed by atoms with Crippen molar-refractivity contribution in [3.8, 4) is 16.9 Å². The van der Waals surface area contributed by atoms with Gasteiger partial charge in [-0.1, -0.05) is 54.4 Å². The number of hydrogen-bond donors (Lipinski definition) is 2. The maximum Gasteiger partial charge on any atom is 0.239 e. The molecule has 0 saturated carbocycles. The molecule has 236 valence electrons. The molecule has 3 aromatic carbocycles. The van der Waals surface area contributed by atoms with E-state index in [9.17, 15) is 14.3 Å². The van der Waals surface area contributed by atoms with Crippen LogP contribution >= 0.6 is 35.0 Å². The summed E-state index contributed by atoms with van der Waals surface area (Å²) in [6.07, 6.45) is 2.56. The van der Waals surface area contributed by atoms with Gasteiger partial charge in [0.2, 0.25) is 5.91 Å². The van der Waals surface area contributed by atoms with Gasteiger partial charge in [0.05, 0.1) is 11.1 Å². The Bertz CT molecular complexity index is 1440. The molecule has 0 spiro atoms. The van der Waals surface area contributed by atoms with Crippen molar-refractivity contribution in [1.29, 1.82) is 0 Å². The van der Waals surface area contributed by atoms with Crippen LogP contribution in [0.2, 0.25) is 10.0 Å². The number of nitrogens with zero attached hydrogens (tertiary/aromatic N) is 3. The van der Waals surface area contributed by atoms with Crippen LogP contribution in [-0.4, -0.2) is 83.3 Å². The molecule has 1 amide bonds. The number of carbonyl (C=O) groups excluding carboxylic acids is 1. The second-order valence-corrected chi connectivity index (χ2v) is 13.8. The van der Waals surface area contributed by atoms with E-state index in [1.165, 1.54) is 6.07 Å². The minimum Gasteiger partial charge on any atom is -0.506 e. The summed E-state index contributed by atoms with van der Waals surface area (Å²) in [6.45, 7) is 8.34. The highest BCUT2D eigenvalue weighted by Crippen LogP contribution is 2.37. The molecule has 5 rings (SSSR count). The molecule has 3 aromatic rings. The second kappa shape index (κ2) is 15.3. The Morgan fingerprint density at radius 3 is 2.45 bits per heavy atom. The summed E-state index contributed by atoms with van der Waals surface area (Å²) >= 11 is 14.4. The normalized spacial score (nSPS) is 17.6. The van der Waals surface area contributed by atoms with E-state index in [2.05, 4.69) is 16.7 Å². The van der Waals surface area contributed by atoms with E-state index in [1.54, 1.807) is 30.0 Å². The van der Waals surface area contributed by atoms with Gasteiger partial charge in [-0.25, -0.2) is 4.39 Å². The highest BCUT2D eigenvalue weighted by Gasteiger charge is 2.33. The number of hydrogen-bond acceptors (Lipinski definition) is 6. The van der Waals surface area contributed by atoms with Crippen molar-refractivity contribution in [2.45, 2.75) is 43.7 Å². The van der Waals surface area contributed by atoms with E-state index < -0.39 is 6.04 Å². The smallest absolute Gasteiger partial charge is 0.239 e. The van der Waals surface area contributed by atoms with Gasteiger partial charge in [-0.05, 0) is 91.0 Å². The summed E-state index contributed by atoms with van der Waals surface area (Å²) in [7, 11) is 0. The molecule has 44 heavy (non-hydrogen) atoms. The second-order valence-electron chi connectivity index (χ2n) is 11.7. The molecular weight excluding hydrogens is 618 g/mol. The molecule has 3 N–H and O–H groups in total. The van der Waals surface area contributed by atoms with Crippen molar-refractivity contribution >= 4 is 40.9 Å². The van der Waals surface area contributed by atoms with Gasteiger partial charge in [0.25, 0.3) is 0 Å². The highest BCUT2D eigenvalue weighted by molar-refractivity contribution is 7.99. The lowest BCUT2D eigenvalue weighted by atomic mass is 9.88. The molecular formula is C34H41Cl2FN4O2S. The fraction of sp³-hybridized carbons (Fsp3) is 0.441. The molecule has 1 atom stereocenters. The van der Waals surface area contributed by atoms with Gasteiger partial charge in [-0.2, -0.15) is 0 Å². The Morgan fingerprint density at radius 2 is 1.73 bits per heavy atom. The standard InChI is InChI=1S/C34H41Cl2FN4O2S/c1-2-44-31-21-27(37)8-6-25(31)22-40-16-18-41(19-17-40)34(43)33(38)23-10-13-39(14-11-23)15-12-24-20-26(35)7-9-28(24)29-4-3-5-30(42)32(29)36/h3-9,20-21,23,33,42H,2,10-19,22,38H2,1H3/t33-/m1/s1. The molecule has 2 aliphatic heterocycles. The lowest BCUT2D eigenvalue weighted by molar-refractivity contribution is -0.136. The predicted octanol–water partition coefficient (Wildman–Crippen LogP) is 6.54. The summed E-state index contributed by atoms with van der Waals surface area (Å²) in [5.41, 5.74) is 10.6. The van der Waals surface area contributed by atoms with E-state index in [0.717, 1.165) is 91.4 Å². The Kier molecular flexibility index (Phi) is 11.5. The number of aromatic hydroxyl groups is 1. The summed E-state index contributed by atoms with van der Waals surface area (Å²) in [4.78, 5) is 21.0. The van der Waals surface area contributed by atoms with Crippen LogP contribution in [-0.2, 0) is 17.8 Å². The minimum absolute atomic E-state index is 0.0543. The van der Waals surface area contributed by atoms with Crippen LogP contribution in [0.25, 0.3) is 11.1 Å². The minimum atomic E-state index is -0.485. The summed E-state index contributed by atoms with van der Waals surface area (Å²) < 4.78 is 13.8. The zero-order chi connectivity index (χ0) is 31.2. The number of thioether (sulfide) groups is 1. The van der Waals surface area contributed by atoms with E-state index in [0.29, 0.717) is 23.1 Å². The first-order chi connectivity index (χ1) is 21.2. The molecule has 6 nitrogen and oxygen atoms in total. The van der Waals surface area contributed by atoms with Crippen molar-refractivity contribution < 1.29 is 14.3 Å². The number of nitrogens with two attached hydrogens (primary N) is 1. The van der Waals surface area contributed by atoms with Gasteiger partial charge in [0.1, 0.15) is 11.6 Å². The molecule has 2 saturated heterocycles. The van der Waals surface area contributed by atoms with Crippen LogP contribution in [0.1, 0.15) is 30.9 Å². The Hall–Kier alpha value is -2.33. The number of rotatable bonds is 10. The van der Waals surface area contributed by atoms with Gasteiger partial charge in [-0.3, -0.25) is 9.69 Å². The van der Waals surface area contributed by atoms with Crippen molar-refractivity contribution in [3.05, 3.63) is 81.6 Å². The number of amides is 1. The molecule has 0 aromatic heterocycles. The molecule has 2 heterocycles. The largest absolute Gasteiger partial charge is 0.506 e. The predicted molar refractivity (Wildman–Crippen MR) is 179 cm³/mol. The van der Waals surface area contributed by atoms with E-state index in [-0.39, 0.29) is 23.4 Å². The Morgan fingerprint density at radius 1 is 0.977 bits per heavy atom. The van der Waals surface area contributed by atoms with Gasteiger partial charge in [-0.15, -0.1) is 11.8 Å². The average molecular weight is 660 g/mol. The fourth-order valence-corrected chi connectivity index (χ4v) is 7.55. The molecule has 0 bridgehead atoms. The average Bonchev–Trinajstić information content (AvgIpc) is 3.03. The van der Waals surface area contributed by atoms with Gasteiger partial charge in [0.15, 0.2) is 0 Å². The zero-order valence-corrected chi connectivity index (χ0v) is 27.5. The van der Waals surface area contributed by atoms with Crippen LogP contribution in [0.15, 0.2) is 59.5 Å². The Balaban J connectivity index is 1.09. The number of phenols is 1. The first-order valence-corrected chi connectivity index (χ1v) is 17.1. The number of phenolic OH excluding ortho intramolecular Hbond substituents is 1. The van der Waals surface area contributed by atoms with Crippen LogP contribution in [0, 0.1) is 11.7 Å². The molecule has 0 unspecified atom stereocenters. The third-order valence-corrected chi connectivity index (χ3v) is 10.5. The maximum atomic E-state index is 13.8. The lowest BCUT2D eigenvalue weighted by Gasteiger charge is -2.39. The summed E-state index contributed by atoms with van der Waals surface area (Å²) in [5, 5.41) is 11.1. The summed E-state index contributed by atoms with van der Waals surface area (Å²) in [5.74, 6) is 0.973. The van der Waals surface area contributed by atoms with Crippen LogP contribution in [0.5, 0.6) is 5.75 Å². The number of benzene rings is 3. The van der Waals surface area contributed by atoms with Crippen molar-refractivity contribution in [2.75, 3.05) is 51.6 Å². The van der Waals surface area contributed by atoms with Crippen LogP contribution in [0.3, 0.4) is 0 Å². The van der Waals surface area contributed by atoms with Crippen LogP contribution in [0.4, 0.5) is 4.39 Å². The van der Waals surface area contributed by atoms with Gasteiger partial charge in [0, 0.05) is 54.8 Å². The molecule has 10 heteroatoms. The lowest BCUT2D eigenvalue weighted by Crippen LogP contribution is -2.55.